The molecule has 1 aliphatic carbocycles. The van der Waals surface area contributed by atoms with Gasteiger partial charge >= 0.3 is 0 Å². The maximum absolute atomic E-state index is 13.6. The van der Waals surface area contributed by atoms with E-state index >= 15 is 0 Å². The topological polar surface area (TPSA) is 78.5 Å². The summed E-state index contributed by atoms with van der Waals surface area (Å²) in [6.45, 7) is 6.62. The summed E-state index contributed by atoms with van der Waals surface area (Å²) in [5.41, 5.74) is 5.30. The standard InChI is InChI=1S/C30H35N3O3S/c1-21-9-6-7-12-24(21)30(34)31-28-15-16-29(26-14-8-13-25(26)28)37(35,36)32-27-17-18-33(19-22(27)2)20-23-10-4-3-5-11-23/h3-7,9-12,15-16,22,27,32H,8,13-14,17-20H2,1-2H3,(H,31,34)/t22-,27+/m1/s1. The smallest absolute Gasteiger partial charge is 0.255 e. The van der Waals surface area contributed by atoms with Crippen molar-refractivity contribution in [2.45, 2.75) is 57.0 Å². The van der Waals surface area contributed by atoms with E-state index in [0.717, 1.165) is 55.6 Å². The Kier molecular flexibility index (Phi) is 7.47. The molecular formula is C30H35N3O3S. The second kappa shape index (κ2) is 10.8. The van der Waals surface area contributed by atoms with Gasteiger partial charge in [0.05, 0.1) is 4.90 Å². The molecule has 0 aromatic heterocycles. The Labute approximate surface area is 220 Å². The molecule has 2 N–H and O–H groups in total. The van der Waals surface area contributed by atoms with Crippen molar-refractivity contribution in [1.29, 1.82) is 0 Å². The number of hydrogen-bond donors (Lipinski definition) is 2. The summed E-state index contributed by atoms with van der Waals surface area (Å²) in [7, 11) is -3.68. The lowest BCUT2D eigenvalue weighted by atomic mass is 9.94. The van der Waals surface area contributed by atoms with E-state index in [0.29, 0.717) is 22.6 Å². The molecule has 1 fully saturated rings. The van der Waals surface area contributed by atoms with Crippen molar-refractivity contribution in [2.75, 3.05) is 18.4 Å². The second-order valence-electron chi connectivity index (χ2n) is 10.4. The molecule has 194 valence electrons. The Bertz CT molecular complexity index is 1390. The van der Waals surface area contributed by atoms with E-state index in [2.05, 4.69) is 46.1 Å². The maximum atomic E-state index is 13.6. The fourth-order valence-electron chi connectivity index (χ4n) is 5.71. The number of hydrogen-bond acceptors (Lipinski definition) is 4. The van der Waals surface area contributed by atoms with Crippen LogP contribution < -0.4 is 10.0 Å². The number of benzene rings is 3. The fourth-order valence-corrected chi connectivity index (χ4v) is 7.39. The molecule has 0 unspecified atom stereocenters. The van der Waals surface area contributed by atoms with E-state index < -0.39 is 10.0 Å². The average Bonchev–Trinajstić information content (AvgIpc) is 3.37. The zero-order valence-electron chi connectivity index (χ0n) is 21.5. The summed E-state index contributed by atoms with van der Waals surface area (Å²) in [6, 6.07) is 21.2. The van der Waals surface area contributed by atoms with Crippen LogP contribution >= 0.6 is 0 Å². The zero-order chi connectivity index (χ0) is 26.0. The zero-order valence-corrected chi connectivity index (χ0v) is 22.4. The quantitative estimate of drug-likeness (QED) is 0.466. The highest BCUT2D eigenvalue weighted by molar-refractivity contribution is 7.89. The molecule has 0 radical (unpaired) electrons. The predicted octanol–water partition coefficient (Wildman–Crippen LogP) is 4.92. The number of amides is 1. The van der Waals surface area contributed by atoms with Crippen LogP contribution in [-0.4, -0.2) is 38.4 Å². The van der Waals surface area contributed by atoms with Gasteiger partial charge in [0.1, 0.15) is 0 Å². The van der Waals surface area contributed by atoms with Crippen LogP contribution in [0.1, 0.15) is 52.4 Å². The number of nitrogens with one attached hydrogen (secondary N) is 2. The molecule has 5 rings (SSSR count). The van der Waals surface area contributed by atoms with Crippen molar-refractivity contribution in [3.05, 3.63) is 94.5 Å². The highest BCUT2D eigenvalue weighted by Gasteiger charge is 2.32. The molecule has 1 heterocycles. The van der Waals surface area contributed by atoms with Crippen LogP contribution in [0.2, 0.25) is 0 Å². The van der Waals surface area contributed by atoms with Crippen molar-refractivity contribution < 1.29 is 13.2 Å². The van der Waals surface area contributed by atoms with Crippen LogP contribution in [0.15, 0.2) is 71.6 Å². The molecule has 0 spiro atoms. The number of nitrogens with zero attached hydrogens (tertiary/aromatic N) is 1. The van der Waals surface area contributed by atoms with Crippen LogP contribution in [0.5, 0.6) is 0 Å². The second-order valence-corrected chi connectivity index (χ2v) is 12.1. The molecule has 3 aromatic carbocycles. The van der Waals surface area contributed by atoms with Gasteiger partial charge in [-0.3, -0.25) is 9.69 Å². The van der Waals surface area contributed by atoms with Gasteiger partial charge in [0, 0.05) is 36.9 Å². The lowest BCUT2D eigenvalue weighted by Crippen LogP contribution is -2.49. The number of anilines is 1. The largest absolute Gasteiger partial charge is 0.322 e. The van der Waals surface area contributed by atoms with Crippen LogP contribution in [0, 0.1) is 12.8 Å². The van der Waals surface area contributed by atoms with Gasteiger partial charge in [-0.2, -0.15) is 0 Å². The number of fused-ring (bicyclic) bond motifs is 1. The van der Waals surface area contributed by atoms with Crippen molar-refractivity contribution >= 4 is 21.6 Å². The van der Waals surface area contributed by atoms with Gasteiger partial charge in [-0.25, -0.2) is 13.1 Å². The Balaban J connectivity index is 1.29. The third-order valence-electron chi connectivity index (χ3n) is 7.71. The Hall–Kier alpha value is -3.00. The summed E-state index contributed by atoms with van der Waals surface area (Å²) < 4.78 is 30.2. The highest BCUT2D eigenvalue weighted by atomic mass is 32.2. The Morgan fingerprint density at radius 3 is 2.46 bits per heavy atom. The van der Waals surface area contributed by atoms with Gasteiger partial charge in [0.2, 0.25) is 10.0 Å². The van der Waals surface area contributed by atoms with E-state index in [1.54, 1.807) is 18.2 Å². The molecule has 3 aromatic rings. The van der Waals surface area contributed by atoms with E-state index in [9.17, 15) is 13.2 Å². The molecule has 37 heavy (non-hydrogen) atoms. The van der Waals surface area contributed by atoms with Gasteiger partial charge in [0.25, 0.3) is 5.91 Å². The molecule has 0 saturated carbocycles. The average molecular weight is 518 g/mol. The van der Waals surface area contributed by atoms with Crippen LogP contribution in [0.3, 0.4) is 0 Å². The van der Waals surface area contributed by atoms with Gasteiger partial charge < -0.3 is 5.32 Å². The van der Waals surface area contributed by atoms with E-state index in [1.807, 2.05) is 31.2 Å². The normalized spacial score (nSPS) is 19.9. The maximum Gasteiger partial charge on any atom is 0.255 e. The van der Waals surface area contributed by atoms with Crippen LogP contribution in [0.4, 0.5) is 5.69 Å². The molecule has 1 amide bonds. The number of rotatable bonds is 7. The van der Waals surface area contributed by atoms with Crippen LogP contribution in [0.25, 0.3) is 0 Å². The predicted molar refractivity (Wildman–Crippen MR) is 147 cm³/mol. The summed E-state index contributed by atoms with van der Waals surface area (Å²) >= 11 is 0. The number of likely N-dealkylation sites (tertiary alicyclic amines) is 1. The summed E-state index contributed by atoms with van der Waals surface area (Å²) in [5, 5.41) is 3.03. The van der Waals surface area contributed by atoms with E-state index in [-0.39, 0.29) is 17.9 Å². The monoisotopic (exact) mass is 517 g/mol. The number of sulfonamides is 1. The molecule has 1 saturated heterocycles. The molecule has 7 heteroatoms. The number of carbonyl (C=O) groups excluding carboxylic acids is 1. The first kappa shape index (κ1) is 25.6. The van der Waals surface area contributed by atoms with Crippen molar-refractivity contribution in [1.82, 2.24) is 9.62 Å². The minimum atomic E-state index is -3.68. The summed E-state index contributed by atoms with van der Waals surface area (Å²) in [4.78, 5) is 15.7. The Morgan fingerprint density at radius 1 is 0.973 bits per heavy atom. The molecule has 6 nitrogen and oxygen atoms in total. The molecule has 1 aliphatic heterocycles. The highest BCUT2D eigenvalue weighted by Crippen LogP contribution is 2.35. The van der Waals surface area contributed by atoms with Crippen molar-refractivity contribution in [3.8, 4) is 0 Å². The lowest BCUT2D eigenvalue weighted by molar-refractivity contribution is 0.102. The minimum Gasteiger partial charge on any atom is -0.322 e. The van der Waals surface area contributed by atoms with Crippen LogP contribution in [-0.2, 0) is 29.4 Å². The van der Waals surface area contributed by atoms with Gasteiger partial charge in [-0.1, -0.05) is 55.5 Å². The van der Waals surface area contributed by atoms with Gasteiger partial charge in [-0.05, 0) is 79.0 Å². The first-order valence-corrected chi connectivity index (χ1v) is 14.6. The van der Waals surface area contributed by atoms with Crippen molar-refractivity contribution in [3.63, 3.8) is 0 Å². The molecule has 0 bridgehead atoms. The van der Waals surface area contributed by atoms with Gasteiger partial charge in [-0.15, -0.1) is 0 Å². The molecular weight excluding hydrogens is 482 g/mol. The first-order chi connectivity index (χ1) is 17.8. The third-order valence-corrected chi connectivity index (χ3v) is 9.29. The summed E-state index contributed by atoms with van der Waals surface area (Å²) in [5.74, 6) is 0.0324. The third kappa shape index (κ3) is 5.64. The number of aryl methyl sites for hydroxylation is 1. The van der Waals surface area contributed by atoms with E-state index in [4.69, 9.17) is 0 Å². The lowest BCUT2D eigenvalue weighted by Gasteiger charge is -2.37. The fraction of sp³-hybridized carbons (Fsp3) is 0.367. The Morgan fingerprint density at radius 2 is 1.70 bits per heavy atom. The summed E-state index contributed by atoms with van der Waals surface area (Å²) in [6.07, 6.45) is 3.12. The van der Waals surface area contributed by atoms with Crippen molar-refractivity contribution in [2.24, 2.45) is 5.92 Å². The van der Waals surface area contributed by atoms with E-state index in [1.165, 1.54) is 5.56 Å². The molecule has 2 atom stereocenters. The number of carbonyl (C=O) groups is 1. The SMILES string of the molecule is Cc1ccccc1C(=O)Nc1ccc(S(=O)(=O)N[C@H]2CCN(Cc3ccccc3)C[C@H]2C)c2c1CCC2. The minimum absolute atomic E-state index is 0.102. The van der Waals surface area contributed by atoms with Gasteiger partial charge in [0.15, 0.2) is 0 Å². The first-order valence-electron chi connectivity index (χ1n) is 13.1. The number of piperidine rings is 1. The molecule has 2 aliphatic rings.